The minimum Gasteiger partial charge on any atom is -0.378 e. The number of aromatic nitrogens is 3. The highest BCUT2D eigenvalue weighted by Gasteiger charge is 2.03. The molecular weight excluding hydrogens is 190 g/mol. The van der Waals surface area contributed by atoms with Gasteiger partial charge in [-0.15, -0.1) is 5.10 Å². The molecule has 0 amide bonds. The summed E-state index contributed by atoms with van der Waals surface area (Å²) in [4.78, 5) is 0. The summed E-state index contributed by atoms with van der Waals surface area (Å²) in [5.41, 5.74) is 1.01. The third kappa shape index (κ3) is 4.93. The van der Waals surface area contributed by atoms with Crippen molar-refractivity contribution >= 4 is 0 Å². The molecule has 15 heavy (non-hydrogen) atoms. The molecule has 0 aromatic carbocycles. The minimum absolute atomic E-state index is 0.288. The van der Waals surface area contributed by atoms with E-state index in [2.05, 4.69) is 24.2 Å². The van der Waals surface area contributed by atoms with Gasteiger partial charge in [-0.05, 0) is 19.8 Å². The average Bonchev–Trinajstić information content (AvgIpc) is 2.50. The lowest BCUT2D eigenvalue weighted by atomic mass is 10.2. The van der Waals surface area contributed by atoms with Crippen molar-refractivity contribution < 1.29 is 4.74 Å². The van der Waals surface area contributed by atoms with Gasteiger partial charge >= 0.3 is 0 Å². The second kappa shape index (κ2) is 5.85. The summed E-state index contributed by atoms with van der Waals surface area (Å²) in [6.45, 7) is 10.1. The number of rotatable bonds is 6. The van der Waals surface area contributed by atoms with E-state index in [9.17, 15) is 0 Å². The van der Waals surface area contributed by atoms with Gasteiger partial charge in [0.2, 0.25) is 0 Å². The van der Waals surface area contributed by atoms with Gasteiger partial charge in [0.25, 0.3) is 0 Å². The van der Waals surface area contributed by atoms with Gasteiger partial charge in [0.1, 0.15) is 0 Å². The standard InChI is InChI=1S/C11H21N3O/c1-9(2)7-14-8-11(12-13-14)5-6-15-10(3)4/h8-10H,5-7H2,1-4H3. The van der Waals surface area contributed by atoms with E-state index in [1.54, 1.807) is 0 Å². The number of ether oxygens (including phenoxy) is 1. The number of hydrogen-bond donors (Lipinski definition) is 0. The summed E-state index contributed by atoms with van der Waals surface area (Å²) in [6, 6.07) is 0. The van der Waals surface area contributed by atoms with Crippen LogP contribution in [0.2, 0.25) is 0 Å². The Bertz CT molecular complexity index is 281. The van der Waals surface area contributed by atoms with Gasteiger partial charge in [-0.25, -0.2) is 0 Å². The molecule has 0 saturated heterocycles. The first-order valence-electron chi connectivity index (χ1n) is 5.58. The highest BCUT2D eigenvalue weighted by atomic mass is 16.5. The van der Waals surface area contributed by atoms with E-state index in [-0.39, 0.29) is 6.10 Å². The van der Waals surface area contributed by atoms with E-state index in [0.29, 0.717) is 5.92 Å². The molecule has 4 nitrogen and oxygen atoms in total. The molecule has 1 rings (SSSR count). The van der Waals surface area contributed by atoms with Gasteiger partial charge < -0.3 is 4.74 Å². The summed E-state index contributed by atoms with van der Waals surface area (Å²) in [6.07, 6.45) is 3.13. The monoisotopic (exact) mass is 211 g/mol. The minimum atomic E-state index is 0.288. The van der Waals surface area contributed by atoms with Crippen molar-refractivity contribution in [1.82, 2.24) is 15.0 Å². The summed E-state index contributed by atoms with van der Waals surface area (Å²) in [5.74, 6) is 0.603. The zero-order valence-corrected chi connectivity index (χ0v) is 10.1. The molecule has 0 bridgehead atoms. The van der Waals surface area contributed by atoms with Crippen LogP contribution in [-0.4, -0.2) is 27.7 Å². The number of hydrogen-bond acceptors (Lipinski definition) is 3. The molecule has 0 unspecified atom stereocenters. The van der Waals surface area contributed by atoms with Crippen LogP contribution in [0.25, 0.3) is 0 Å². The van der Waals surface area contributed by atoms with E-state index in [1.807, 2.05) is 24.7 Å². The normalized spacial score (nSPS) is 11.6. The van der Waals surface area contributed by atoms with Gasteiger partial charge in [-0.1, -0.05) is 19.1 Å². The van der Waals surface area contributed by atoms with Crippen molar-refractivity contribution in [2.75, 3.05) is 6.61 Å². The highest BCUT2D eigenvalue weighted by molar-refractivity contribution is 4.92. The lowest BCUT2D eigenvalue weighted by Crippen LogP contribution is -2.06. The van der Waals surface area contributed by atoms with E-state index >= 15 is 0 Å². The lowest BCUT2D eigenvalue weighted by Gasteiger charge is -2.05. The molecule has 0 radical (unpaired) electrons. The van der Waals surface area contributed by atoms with Gasteiger partial charge in [-0.2, -0.15) is 0 Å². The van der Waals surface area contributed by atoms with Crippen LogP contribution in [0.1, 0.15) is 33.4 Å². The topological polar surface area (TPSA) is 39.9 Å². The Morgan fingerprint density at radius 1 is 1.33 bits per heavy atom. The maximum atomic E-state index is 5.46. The highest BCUT2D eigenvalue weighted by Crippen LogP contribution is 2.00. The van der Waals surface area contributed by atoms with Crippen LogP contribution in [0, 0.1) is 5.92 Å². The Kier molecular flexibility index (Phi) is 4.75. The lowest BCUT2D eigenvalue weighted by molar-refractivity contribution is 0.0809. The number of nitrogens with zero attached hydrogens (tertiary/aromatic N) is 3. The Labute approximate surface area is 91.6 Å². The quantitative estimate of drug-likeness (QED) is 0.721. The summed E-state index contributed by atoms with van der Waals surface area (Å²) in [5, 5.41) is 8.16. The van der Waals surface area contributed by atoms with E-state index in [4.69, 9.17) is 4.74 Å². The van der Waals surface area contributed by atoms with Crippen LogP contribution < -0.4 is 0 Å². The molecule has 4 heteroatoms. The first kappa shape index (κ1) is 12.2. The maximum Gasteiger partial charge on any atom is 0.0850 e. The van der Waals surface area contributed by atoms with Crippen molar-refractivity contribution in [3.63, 3.8) is 0 Å². The Balaban J connectivity index is 2.33. The van der Waals surface area contributed by atoms with Crippen LogP contribution in [-0.2, 0) is 17.7 Å². The molecule has 0 fully saturated rings. The van der Waals surface area contributed by atoms with Gasteiger partial charge in [0.15, 0.2) is 0 Å². The van der Waals surface area contributed by atoms with Crippen LogP contribution in [0.3, 0.4) is 0 Å². The van der Waals surface area contributed by atoms with E-state index < -0.39 is 0 Å². The molecule has 0 aliphatic heterocycles. The Morgan fingerprint density at radius 3 is 2.67 bits per heavy atom. The predicted octanol–water partition coefficient (Wildman–Crippen LogP) is 1.90. The fraction of sp³-hybridized carbons (Fsp3) is 0.818. The SMILES string of the molecule is CC(C)Cn1cc(CCOC(C)C)nn1. The fourth-order valence-electron chi connectivity index (χ4n) is 1.32. The van der Waals surface area contributed by atoms with Crippen molar-refractivity contribution in [2.24, 2.45) is 5.92 Å². The van der Waals surface area contributed by atoms with Crippen LogP contribution in [0.15, 0.2) is 6.20 Å². The Hall–Kier alpha value is -0.900. The fourth-order valence-corrected chi connectivity index (χ4v) is 1.32. The predicted molar refractivity (Wildman–Crippen MR) is 59.7 cm³/mol. The molecule has 0 saturated carbocycles. The second-order valence-corrected chi connectivity index (χ2v) is 4.50. The molecule has 86 valence electrons. The van der Waals surface area contributed by atoms with E-state index in [0.717, 1.165) is 25.3 Å². The molecule has 0 aliphatic carbocycles. The molecule has 0 spiro atoms. The van der Waals surface area contributed by atoms with Crippen LogP contribution >= 0.6 is 0 Å². The zero-order chi connectivity index (χ0) is 11.3. The second-order valence-electron chi connectivity index (χ2n) is 4.50. The zero-order valence-electron chi connectivity index (χ0n) is 10.1. The molecular formula is C11H21N3O. The first-order chi connectivity index (χ1) is 7.08. The van der Waals surface area contributed by atoms with Crippen LogP contribution in [0.5, 0.6) is 0 Å². The molecule has 0 aliphatic rings. The molecule has 1 heterocycles. The molecule has 1 aromatic rings. The van der Waals surface area contributed by atoms with Gasteiger partial charge in [-0.3, -0.25) is 4.68 Å². The van der Waals surface area contributed by atoms with Crippen molar-refractivity contribution in [3.8, 4) is 0 Å². The largest absolute Gasteiger partial charge is 0.378 e. The average molecular weight is 211 g/mol. The molecule has 1 aromatic heterocycles. The van der Waals surface area contributed by atoms with Crippen LogP contribution in [0.4, 0.5) is 0 Å². The summed E-state index contributed by atoms with van der Waals surface area (Å²) >= 11 is 0. The third-order valence-electron chi connectivity index (χ3n) is 1.95. The summed E-state index contributed by atoms with van der Waals surface area (Å²) in [7, 11) is 0. The smallest absolute Gasteiger partial charge is 0.0850 e. The third-order valence-corrected chi connectivity index (χ3v) is 1.95. The van der Waals surface area contributed by atoms with Crippen molar-refractivity contribution in [3.05, 3.63) is 11.9 Å². The molecule has 0 atom stereocenters. The van der Waals surface area contributed by atoms with Gasteiger partial charge in [0.05, 0.1) is 18.4 Å². The molecule has 0 N–H and O–H groups in total. The Morgan fingerprint density at radius 2 is 2.07 bits per heavy atom. The first-order valence-corrected chi connectivity index (χ1v) is 5.58. The van der Waals surface area contributed by atoms with Crippen molar-refractivity contribution in [1.29, 1.82) is 0 Å². The summed E-state index contributed by atoms with van der Waals surface area (Å²) < 4.78 is 7.36. The van der Waals surface area contributed by atoms with E-state index in [1.165, 1.54) is 0 Å². The maximum absolute atomic E-state index is 5.46. The van der Waals surface area contributed by atoms with Crippen molar-refractivity contribution in [2.45, 2.75) is 46.8 Å². The van der Waals surface area contributed by atoms with Gasteiger partial charge in [0, 0.05) is 19.2 Å².